The van der Waals surface area contributed by atoms with Crippen molar-refractivity contribution >= 4 is 10.8 Å². The monoisotopic (exact) mass is 426 g/mol. The molecular weight excluding hydrogens is 390 g/mol. The second-order valence-electron chi connectivity index (χ2n) is 10.4. The topological polar surface area (TPSA) is 9.23 Å². The lowest BCUT2D eigenvalue weighted by Crippen LogP contribution is -2.35. The zero-order valence-corrected chi connectivity index (χ0v) is 18.8. The summed E-state index contributed by atoms with van der Waals surface area (Å²) < 4.78 is 33.4. The Morgan fingerprint density at radius 2 is 1.45 bits per heavy atom. The molecule has 3 aliphatic carbocycles. The Labute approximate surface area is 185 Å². The van der Waals surface area contributed by atoms with Crippen molar-refractivity contribution in [2.24, 2.45) is 23.7 Å². The summed E-state index contributed by atoms with van der Waals surface area (Å²) in [5.74, 6) is 2.68. The third-order valence-electron chi connectivity index (χ3n) is 8.84. The molecule has 5 rings (SSSR count). The van der Waals surface area contributed by atoms with Gasteiger partial charge in [0, 0.05) is 12.0 Å². The number of halogens is 2. The molecule has 4 unspecified atom stereocenters. The van der Waals surface area contributed by atoms with Gasteiger partial charge in [-0.15, -0.1) is 0 Å². The first-order valence-electron chi connectivity index (χ1n) is 12.6. The summed E-state index contributed by atoms with van der Waals surface area (Å²) in [6.07, 6.45) is 13.8. The molecule has 31 heavy (non-hydrogen) atoms. The van der Waals surface area contributed by atoms with E-state index < -0.39 is 11.6 Å². The molecule has 3 aliphatic rings. The van der Waals surface area contributed by atoms with Crippen molar-refractivity contribution in [2.45, 2.75) is 83.2 Å². The molecule has 0 aliphatic heterocycles. The van der Waals surface area contributed by atoms with E-state index in [2.05, 4.69) is 13.0 Å². The minimum Gasteiger partial charge on any atom is -0.379 e. The van der Waals surface area contributed by atoms with Crippen molar-refractivity contribution in [3.63, 3.8) is 0 Å². The van der Waals surface area contributed by atoms with E-state index in [1.165, 1.54) is 75.8 Å². The summed E-state index contributed by atoms with van der Waals surface area (Å²) in [4.78, 5) is 0. The predicted octanol–water partition coefficient (Wildman–Crippen LogP) is 8.01. The highest BCUT2D eigenvalue weighted by molar-refractivity contribution is 5.84. The van der Waals surface area contributed by atoms with Crippen LogP contribution in [0.4, 0.5) is 8.78 Å². The number of benzene rings is 2. The maximum absolute atomic E-state index is 14.1. The molecule has 0 N–H and O–H groups in total. The van der Waals surface area contributed by atoms with E-state index in [1.807, 2.05) is 6.07 Å². The summed E-state index contributed by atoms with van der Waals surface area (Å²) >= 11 is 0. The van der Waals surface area contributed by atoms with E-state index in [9.17, 15) is 8.78 Å². The predicted molar refractivity (Wildman–Crippen MR) is 122 cm³/mol. The molecule has 3 fully saturated rings. The summed E-state index contributed by atoms with van der Waals surface area (Å²) in [7, 11) is 0. The highest BCUT2D eigenvalue weighted by Gasteiger charge is 2.39. The Bertz CT molecular complexity index is 901. The molecule has 4 atom stereocenters. The number of ether oxygens (including phenoxy) is 1. The first kappa shape index (κ1) is 21.4. The molecule has 0 radical (unpaired) electrons. The van der Waals surface area contributed by atoms with Crippen LogP contribution in [0, 0.1) is 35.3 Å². The zero-order chi connectivity index (χ0) is 21.4. The first-order chi connectivity index (χ1) is 15.1. The molecule has 0 heterocycles. The van der Waals surface area contributed by atoms with E-state index in [4.69, 9.17) is 4.74 Å². The summed E-state index contributed by atoms with van der Waals surface area (Å²) in [5.41, 5.74) is 1.31. The molecule has 0 amide bonds. The van der Waals surface area contributed by atoms with Crippen LogP contribution in [0.3, 0.4) is 0 Å². The molecule has 168 valence electrons. The van der Waals surface area contributed by atoms with Gasteiger partial charge in [-0.05, 0) is 118 Å². The molecule has 3 saturated carbocycles. The average Bonchev–Trinajstić information content (AvgIpc) is 2.81. The quantitative estimate of drug-likeness (QED) is 0.481. The molecule has 3 heteroatoms. The van der Waals surface area contributed by atoms with E-state index >= 15 is 0 Å². The van der Waals surface area contributed by atoms with Gasteiger partial charge in [0.2, 0.25) is 0 Å². The van der Waals surface area contributed by atoms with Gasteiger partial charge in [-0.1, -0.05) is 24.3 Å². The smallest absolute Gasteiger partial charge is 0.166 e. The van der Waals surface area contributed by atoms with Crippen LogP contribution in [-0.4, -0.2) is 12.7 Å². The van der Waals surface area contributed by atoms with Crippen molar-refractivity contribution in [2.75, 3.05) is 6.61 Å². The van der Waals surface area contributed by atoms with Crippen molar-refractivity contribution in [3.8, 4) is 0 Å². The molecule has 0 spiro atoms. The Hall–Kier alpha value is -1.48. The Morgan fingerprint density at radius 1 is 0.774 bits per heavy atom. The van der Waals surface area contributed by atoms with Crippen LogP contribution in [0.5, 0.6) is 0 Å². The van der Waals surface area contributed by atoms with Gasteiger partial charge in [0.05, 0.1) is 6.10 Å². The number of fused-ring (bicyclic) bond motifs is 2. The van der Waals surface area contributed by atoms with Crippen molar-refractivity contribution in [3.05, 3.63) is 47.5 Å². The van der Waals surface area contributed by atoms with Gasteiger partial charge in [0.1, 0.15) is 0 Å². The van der Waals surface area contributed by atoms with Gasteiger partial charge in [0.25, 0.3) is 0 Å². The van der Waals surface area contributed by atoms with E-state index in [0.717, 1.165) is 35.7 Å². The highest BCUT2D eigenvalue weighted by atomic mass is 19.2. The van der Waals surface area contributed by atoms with E-state index in [0.29, 0.717) is 17.4 Å². The van der Waals surface area contributed by atoms with E-state index in [-0.39, 0.29) is 0 Å². The van der Waals surface area contributed by atoms with Gasteiger partial charge in [-0.25, -0.2) is 8.78 Å². The molecule has 0 aromatic heterocycles. The molecular formula is C28H36F2O. The van der Waals surface area contributed by atoms with Crippen LogP contribution < -0.4 is 0 Å². The van der Waals surface area contributed by atoms with Gasteiger partial charge in [-0.2, -0.15) is 0 Å². The van der Waals surface area contributed by atoms with Crippen molar-refractivity contribution in [1.82, 2.24) is 0 Å². The summed E-state index contributed by atoms with van der Waals surface area (Å²) in [6, 6.07) is 8.89. The minimum atomic E-state index is -0.760. The number of hydrogen-bond acceptors (Lipinski definition) is 1. The van der Waals surface area contributed by atoms with Crippen molar-refractivity contribution in [1.29, 1.82) is 0 Å². The summed E-state index contributed by atoms with van der Waals surface area (Å²) in [6.45, 7) is 2.96. The SMILES string of the molecule is CCOC1CCC(C2CCC3CC(c4ccc5c(F)c(F)ccc5c4)CCC3C2)CC1. The minimum absolute atomic E-state index is 0.400. The second kappa shape index (κ2) is 9.17. The third kappa shape index (κ3) is 4.40. The fourth-order valence-corrected chi connectivity index (χ4v) is 7.16. The summed E-state index contributed by atoms with van der Waals surface area (Å²) in [5, 5.41) is 1.22. The lowest BCUT2D eigenvalue weighted by molar-refractivity contribution is 0.00583. The molecule has 0 saturated heterocycles. The Kier molecular flexibility index (Phi) is 6.32. The fourth-order valence-electron chi connectivity index (χ4n) is 7.16. The average molecular weight is 427 g/mol. The van der Waals surface area contributed by atoms with Crippen molar-refractivity contribution < 1.29 is 13.5 Å². The van der Waals surface area contributed by atoms with Crippen LogP contribution in [-0.2, 0) is 4.74 Å². The maximum Gasteiger partial charge on any atom is 0.166 e. The first-order valence-corrected chi connectivity index (χ1v) is 12.6. The third-order valence-corrected chi connectivity index (χ3v) is 8.84. The van der Waals surface area contributed by atoms with Crippen LogP contribution in [0.2, 0.25) is 0 Å². The number of hydrogen-bond donors (Lipinski definition) is 0. The Morgan fingerprint density at radius 3 is 2.23 bits per heavy atom. The highest BCUT2D eigenvalue weighted by Crippen LogP contribution is 2.50. The fraction of sp³-hybridized carbons (Fsp3) is 0.643. The maximum atomic E-state index is 14.1. The largest absolute Gasteiger partial charge is 0.379 e. The zero-order valence-electron chi connectivity index (χ0n) is 18.8. The van der Waals surface area contributed by atoms with Gasteiger partial charge in [0.15, 0.2) is 11.6 Å². The van der Waals surface area contributed by atoms with Gasteiger partial charge in [-0.3, -0.25) is 0 Å². The molecule has 2 aromatic carbocycles. The standard InChI is InChI=1S/C28H36F2O/c1-2-31-25-11-7-18(8-12-25)19-3-4-21-16-22(6-5-20(21)15-19)23-9-13-26-24(17-23)10-14-27(29)28(26)30/h9-10,13-14,17-22,25H,2-8,11-12,15-16H2,1H3. The second-order valence-corrected chi connectivity index (χ2v) is 10.4. The Balaban J connectivity index is 1.20. The lowest BCUT2D eigenvalue weighted by Gasteiger charge is -2.45. The lowest BCUT2D eigenvalue weighted by atomic mass is 9.60. The van der Waals surface area contributed by atoms with Gasteiger partial charge >= 0.3 is 0 Å². The van der Waals surface area contributed by atoms with E-state index in [1.54, 1.807) is 12.1 Å². The number of rotatable bonds is 4. The van der Waals surface area contributed by atoms with Crippen LogP contribution >= 0.6 is 0 Å². The normalized spacial score (nSPS) is 33.9. The van der Waals surface area contributed by atoms with Crippen LogP contribution in [0.25, 0.3) is 10.8 Å². The van der Waals surface area contributed by atoms with Crippen LogP contribution in [0.15, 0.2) is 30.3 Å². The molecule has 0 bridgehead atoms. The van der Waals surface area contributed by atoms with Crippen LogP contribution in [0.1, 0.15) is 82.6 Å². The van der Waals surface area contributed by atoms with Gasteiger partial charge < -0.3 is 4.74 Å². The molecule has 2 aromatic rings. The molecule has 1 nitrogen and oxygen atoms in total.